The predicted molar refractivity (Wildman–Crippen MR) is 109 cm³/mol. The molecule has 150 valence electrons. The number of nitrogens with one attached hydrogen (secondary N) is 1. The van der Waals surface area contributed by atoms with Crippen LogP contribution in [-0.2, 0) is 9.53 Å². The van der Waals surface area contributed by atoms with Crippen molar-refractivity contribution < 1.29 is 14.3 Å². The molecule has 1 N–H and O–H groups in total. The van der Waals surface area contributed by atoms with Crippen molar-refractivity contribution in [3.63, 3.8) is 0 Å². The molecule has 1 amide bonds. The number of aromatic nitrogens is 3. The van der Waals surface area contributed by atoms with Gasteiger partial charge in [0.2, 0.25) is 5.91 Å². The third-order valence-corrected chi connectivity index (χ3v) is 5.66. The Labute approximate surface area is 169 Å². The molecule has 3 aromatic heterocycles. The smallest absolute Gasteiger partial charge is 0.228 e. The van der Waals surface area contributed by atoms with Crippen LogP contribution in [0.4, 0.5) is 5.82 Å². The lowest BCUT2D eigenvalue weighted by molar-refractivity contribution is -0.117. The molecule has 7 heteroatoms. The first-order chi connectivity index (χ1) is 14.1. The van der Waals surface area contributed by atoms with Gasteiger partial charge in [0, 0.05) is 49.4 Å². The molecule has 0 unspecified atom stereocenters. The van der Waals surface area contributed by atoms with E-state index >= 15 is 0 Å². The maximum atomic E-state index is 12.0. The van der Waals surface area contributed by atoms with Crippen LogP contribution in [0, 0.1) is 12.8 Å². The van der Waals surface area contributed by atoms with Crippen molar-refractivity contribution in [1.82, 2.24) is 14.6 Å². The van der Waals surface area contributed by atoms with E-state index in [4.69, 9.17) is 9.47 Å². The second-order valence-electron chi connectivity index (χ2n) is 7.97. The van der Waals surface area contributed by atoms with Gasteiger partial charge >= 0.3 is 0 Å². The number of ether oxygens (including phenoxy) is 2. The van der Waals surface area contributed by atoms with Crippen LogP contribution in [0.1, 0.15) is 31.4 Å². The van der Waals surface area contributed by atoms with Crippen molar-refractivity contribution in [1.29, 1.82) is 0 Å². The van der Waals surface area contributed by atoms with Gasteiger partial charge in [-0.2, -0.15) is 5.10 Å². The Bertz CT molecular complexity index is 1070. The molecule has 0 bridgehead atoms. The lowest BCUT2D eigenvalue weighted by Crippen LogP contribution is -2.38. The summed E-state index contributed by atoms with van der Waals surface area (Å²) in [5.41, 5.74) is 3.88. The third kappa shape index (κ3) is 3.70. The summed E-state index contributed by atoms with van der Waals surface area (Å²) >= 11 is 0. The monoisotopic (exact) mass is 392 g/mol. The van der Waals surface area contributed by atoms with Gasteiger partial charge in [-0.25, -0.2) is 4.52 Å². The van der Waals surface area contributed by atoms with Gasteiger partial charge in [-0.1, -0.05) is 0 Å². The number of pyridine rings is 2. The third-order valence-electron chi connectivity index (χ3n) is 5.66. The fourth-order valence-electron chi connectivity index (χ4n) is 3.65. The summed E-state index contributed by atoms with van der Waals surface area (Å²) < 4.78 is 13.3. The minimum absolute atomic E-state index is 0.0592. The largest absolute Gasteiger partial charge is 0.488 e. The molecule has 0 spiro atoms. The van der Waals surface area contributed by atoms with E-state index in [0.29, 0.717) is 5.82 Å². The molecule has 2 fully saturated rings. The number of rotatable bonds is 6. The molecule has 2 saturated carbocycles. The first-order valence-corrected chi connectivity index (χ1v) is 10.1. The topological polar surface area (TPSA) is 77.8 Å². The van der Waals surface area contributed by atoms with Crippen molar-refractivity contribution in [3.05, 3.63) is 42.4 Å². The zero-order valence-corrected chi connectivity index (χ0v) is 16.6. The molecule has 0 aromatic carbocycles. The molecule has 2 aliphatic rings. The van der Waals surface area contributed by atoms with Gasteiger partial charge in [0.1, 0.15) is 11.9 Å². The van der Waals surface area contributed by atoms with Gasteiger partial charge in [-0.3, -0.25) is 9.78 Å². The summed E-state index contributed by atoms with van der Waals surface area (Å²) in [5, 5.41) is 7.36. The SMILES string of the molecule is CO[C@H]1C[C@@H](Oc2cnc(C)cc2-c2ccn3nc(NC(=O)C4CC4)cc3c2)C1. The summed E-state index contributed by atoms with van der Waals surface area (Å²) in [6.07, 6.45) is 7.89. The first kappa shape index (κ1) is 18.1. The number of hydrogen-bond donors (Lipinski definition) is 1. The van der Waals surface area contributed by atoms with Crippen molar-refractivity contribution in [3.8, 4) is 16.9 Å². The minimum Gasteiger partial charge on any atom is -0.488 e. The van der Waals surface area contributed by atoms with Gasteiger partial charge < -0.3 is 14.8 Å². The van der Waals surface area contributed by atoms with Crippen molar-refractivity contribution in [2.75, 3.05) is 12.4 Å². The van der Waals surface area contributed by atoms with Crippen LogP contribution < -0.4 is 10.1 Å². The van der Waals surface area contributed by atoms with Gasteiger partial charge in [-0.15, -0.1) is 0 Å². The molecule has 2 aliphatic carbocycles. The zero-order chi connectivity index (χ0) is 20.0. The average molecular weight is 392 g/mol. The molecule has 29 heavy (non-hydrogen) atoms. The van der Waals surface area contributed by atoms with E-state index in [0.717, 1.165) is 53.8 Å². The Balaban J connectivity index is 1.42. The van der Waals surface area contributed by atoms with Crippen LogP contribution in [0.5, 0.6) is 5.75 Å². The van der Waals surface area contributed by atoms with E-state index in [1.54, 1.807) is 17.8 Å². The van der Waals surface area contributed by atoms with Crippen LogP contribution in [0.25, 0.3) is 16.6 Å². The number of carbonyl (C=O) groups excluding carboxylic acids is 1. The van der Waals surface area contributed by atoms with Crippen LogP contribution in [0.2, 0.25) is 0 Å². The Morgan fingerprint density at radius 3 is 2.79 bits per heavy atom. The highest BCUT2D eigenvalue weighted by molar-refractivity contribution is 5.93. The molecular weight excluding hydrogens is 368 g/mol. The van der Waals surface area contributed by atoms with Gasteiger partial charge in [0.05, 0.1) is 17.8 Å². The Morgan fingerprint density at radius 1 is 1.21 bits per heavy atom. The summed E-state index contributed by atoms with van der Waals surface area (Å²) in [6.45, 7) is 1.97. The maximum Gasteiger partial charge on any atom is 0.228 e. The van der Waals surface area contributed by atoms with Gasteiger partial charge in [0.25, 0.3) is 0 Å². The van der Waals surface area contributed by atoms with E-state index < -0.39 is 0 Å². The van der Waals surface area contributed by atoms with Crippen LogP contribution in [0.15, 0.2) is 36.7 Å². The molecule has 5 rings (SSSR count). The average Bonchev–Trinajstić information content (AvgIpc) is 3.45. The molecule has 7 nitrogen and oxygen atoms in total. The molecule has 0 aliphatic heterocycles. The highest BCUT2D eigenvalue weighted by Gasteiger charge is 2.32. The van der Waals surface area contributed by atoms with Gasteiger partial charge in [0.15, 0.2) is 5.82 Å². The molecule has 3 heterocycles. The molecular formula is C22H24N4O3. The highest BCUT2D eigenvalue weighted by Crippen LogP contribution is 2.35. The number of fused-ring (bicyclic) bond motifs is 1. The number of hydrogen-bond acceptors (Lipinski definition) is 5. The first-order valence-electron chi connectivity index (χ1n) is 10.1. The van der Waals surface area contributed by atoms with E-state index in [-0.39, 0.29) is 24.0 Å². The van der Waals surface area contributed by atoms with Crippen LogP contribution >= 0.6 is 0 Å². The summed E-state index contributed by atoms with van der Waals surface area (Å²) in [7, 11) is 1.74. The number of aryl methyl sites for hydroxylation is 1. The number of nitrogens with zero attached hydrogens (tertiary/aromatic N) is 3. The normalized spacial score (nSPS) is 21.0. The van der Waals surface area contributed by atoms with E-state index in [1.807, 2.05) is 31.3 Å². The standard InChI is InChI=1S/C22H24N4O3/c1-13-7-19(20(12-23-13)29-18-10-17(11-18)28-2)15-5-6-26-16(8-15)9-21(25-26)24-22(27)14-3-4-14/h5-9,12,14,17-18H,3-4,10-11H2,1-2H3,(H,24,25,27)/t17-,18+. The lowest BCUT2D eigenvalue weighted by Gasteiger charge is -2.34. The summed E-state index contributed by atoms with van der Waals surface area (Å²) in [4.78, 5) is 16.4. The fourth-order valence-corrected chi connectivity index (χ4v) is 3.65. The lowest BCUT2D eigenvalue weighted by atomic mass is 9.92. The van der Waals surface area contributed by atoms with Crippen molar-refractivity contribution in [2.24, 2.45) is 5.92 Å². The molecule has 0 radical (unpaired) electrons. The number of methoxy groups -OCH3 is 1. The maximum absolute atomic E-state index is 12.0. The minimum atomic E-state index is 0.0592. The number of amides is 1. The van der Waals surface area contributed by atoms with E-state index in [2.05, 4.69) is 21.5 Å². The van der Waals surface area contributed by atoms with Crippen LogP contribution in [-0.4, -0.2) is 39.8 Å². The quantitative estimate of drug-likeness (QED) is 0.693. The second-order valence-corrected chi connectivity index (χ2v) is 7.97. The van der Waals surface area contributed by atoms with E-state index in [1.165, 1.54) is 0 Å². The van der Waals surface area contributed by atoms with Crippen molar-refractivity contribution in [2.45, 2.75) is 44.8 Å². The summed E-state index contributed by atoms with van der Waals surface area (Å²) in [5.74, 6) is 1.57. The van der Waals surface area contributed by atoms with Crippen molar-refractivity contribution >= 4 is 17.2 Å². The highest BCUT2D eigenvalue weighted by atomic mass is 16.5. The Morgan fingerprint density at radius 2 is 2.03 bits per heavy atom. The summed E-state index contributed by atoms with van der Waals surface area (Å²) in [6, 6.07) is 8.00. The Kier molecular flexibility index (Phi) is 4.47. The Hall–Kier alpha value is -2.93. The van der Waals surface area contributed by atoms with Gasteiger partial charge in [-0.05, 0) is 43.5 Å². The molecule has 0 atom stereocenters. The number of carbonyl (C=O) groups is 1. The molecule has 3 aromatic rings. The predicted octanol–water partition coefficient (Wildman–Crippen LogP) is 3.61. The van der Waals surface area contributed by atoms with E-state index in [9.17, 15) is 4.79 Å². The fraction of sp³-hybridized carbons (Fsp3) is 0.409. The second kappa shape index (κ2) is 7.15. The zero-order valence-electron chi connectivity index (χ0n) is 16.6. The number of anilines is 1. The molecule has 0 saturated heterocycles. The van der Waals surface area contributed by atoms with Crippen LogP contribution in [0.3, 0.4) is 0 Å².